The second-order valence-electron chi connectivity index (χ2n) is 2.47. The molecule has 0 saturated carbocycles. The quantitative estimate of drug-likeness (QED) is 0.611. The molecule has 0 aliphatic carbocycles. The first-order valence-electron chi connectivity index (χ1n) is 3.34. The predicted octanol–water partition coefficient (Wildman–Crippen LogP) is 2.34. The van der Waals surface area contributed by atoms with Crippen LogP contribution in [0.5, 0.6) is 0 Å². The maximum atomic E-state index is 4.14. The van der Waals surface area contributed by atoms with Crippen LogP contribution < -0.4 is 0 Å². The summed E-state index contributed by atoms with van der Waals surface area (Å²) >= 11 is 3.39. The van der Waals surface area contributed by atoms with E-state index in [0.717, 1.165) is 10.1 Å². The van der Waals surface area contributed by atoms with E-state index in [-0.39, 0.29) is 0 Å². The number of pyridine rings is 1. The first-order chi connectivity index (χ1) is 5.29. The van der Waals surface area contributed by atoms with Gasteiger partial charge in [0.05, 0.1) is 5.52 Å². The maximum absolute atomic E-state index is 4.14. The molecule has 0 saturated heterocycles. The number of halogens is 1. The molecule has 0 spiro atoms. The minimum atomic E-state index is 0.905. The summed E-state index contributed by atoms with van der Waals surface area (Å²) in [5.74, 6) is 0. The summed E-state index contributed by atoms with van der Waals surface area (Å²) in [6.07, 6.45) is 3.82. The van der Waals surface area contributed by atoms with Gasteiger partial charge in [0.25, 0.3) is 0 Å². The van der Waals surface area contributed by atoms with Crippen molar-refractivity contribution in [3.05, 3.63) is 29.1 Å². The lowest BCUT2D eigenvalue weighted by Crippen LogP contribution is -1.86. The van der Waals surface area contributed by atoms with Gasteiger partial charge in [-0.1, -0.05) is 0 Å². The molecule has 3 heteroatoms. The highest BCUT2D eigenvalue weighted by molar-refractivity contribution is 9.10. The highest BCUT2D eigenvalue weighted by Crippen LogP contribution is 2.20. The Morgan fingerprint density at radius 2 is 2.27 bits per heavy atom. The third kappa shape index (κ3) is 0.959. The molecule has 0 radical (unpaired) electrons. The number of aryl methyl sites for hydroxylation is 1. The number of rotatable bonds is 0. The van der Waals surface area contributed by atoms with Gasteiger partial charge in [-0.25, -0.2) is 4.98 Å². The van der Waals surface area contributed by atoms with Crippen LogP contribution in [-0.4, -0.2) is 9.55 Å². The molecule has 0 aliphatic rings. The molecule has 0 atom stereocenters. The second-order valence-corrected chi connectivity index (χ2v) is 3.22. The SMILES string of the molecule is Cn1ccc2ccnc(Br)c21. The van der Waals surface area contributed by atoms with Crippen molar-refractivity contribution in [1.82, 2.24) is 9.55 Å². The van der Waals surface area contributed by atoms with Gasteiger partial charge in [-0.15, -0.1) is 0 Å². The molecule has 2 nitrogen and oxygen atoms in total. The van der Waals surface area contributed by atoms with Gasteiger partial charge in [-0.2, -0.15) is 0 Å². The van der Waals surface area contributed by atoms with Crippen LogP contribution in [0.4, 0.5) is 0 Å². The minimum Gasteiger partial charge on any atom is -0.348 e. The van der Waals surface area contributed by atoms with Crippen LogP contribution in [0.3, 0.4) is 0 Å². The van der Waals surface area contributed by atoms with Crippen molar-refractivity contribution < 1.29 is 0 Å². The van der Waals surface area contributed by atoms with Gasteiger partial charge >= 0.3 is 0 Å². The highest BCUT2D eigenvalue weighted by Gasteiger charge is 2.00. The van der Waals surface area contributed by atoms with E-state index >= 15 is 0 Å². The molecule has 11 heavy (non-hydrogen) atoms. The standard InChI is InChI=1S/C8H7BrN2/c1-11-5-3-6-2-4-10-8(9)7(6)11/h2-5H,1H3. The van der Waals surface area contributed by atoms with E-state index in [1.54, 1.807) is 6.20 Å². The van der Waals surface area contributed by atoms with Crippen molar-refractivity contribution in [3.63, 3.8) is 0 Å². The summed E-state index contributed by atoms with van der Waals surface area (Å²) in [6.45, 7) is 0. The number of hydrogen-bond acceptors (Lipinski definition) is 1. The molecular formula is C8H7BrN2. The number of hydrogen-bond donors (Lipinski definition) is 0. The van der Waals surface area contributed by atoms with Crippen LogP contribution in [0, 0.1) is 0 Å². The number of fused-ring (bicyclic) bond motifs is 1. The summed E-state index contributed by atoms with van der Waals surface area (Å²) in [5, 5.41) is 1.22. The average Bonchev–Trinajstić information content (AvgIpc) is 2.34. The van der Waals surface area contributed by atoms with Gasteiger partial charge in [0, 0.05) is 24.8 Å². The second kappa shape index (κ2) is 2.34. The fourth-order valence-corrected chi connectivity index (χ4v) is 1.82. The minimum absolute atomic E-state index is 0.905. The van der Waals surface area contributed by atoms with Crippen molar-refractivity contribution in [2.45, 2.75) is 0 Å². The average molecular weight is 211 g/mol. The summed E-state index contributed by atoms with van der Waals surface area (Å²) in [7, 11) is 2.01. The van der Waals surface area contributed by atoms with Gasteiger partial charge in [-0.3, -0.25) is 0 Å². The van der Waals surface area contributed by atoms with Gasteiger partial charge in [0.2, 0.25) is 0 Å². The van der Waals surface area contributed by atoms with Crippen LogP contribution in [0.1, 0.15) is 0 Å². The summed E-state index contributed by atoms with van der Waals surface area (Å²) in [6, 6.07) is 4.07. The Hall–Kier alpha value is -0.830. The molecule has 0 bridgehead atoms. The molecule has 2 aromatic heterocycles. The van der Waals surface area contributed by atoms with E-state index in [9.17, 15) is 0 Å². The van der Waals surface area contributed by atoms with Crippen molar-refractivity contribution in [2.24, 2.45) is 7.05 Å². The Balaban J connectivity index is 2.96. The fraction of sp³-hybridized carbons (Fsp3) is 0.125. The molecule has 0 aromatic carbocycles. The Morgan fingerprint density at radius 1 is 1.45 bits per heavy atom. The molecule has 0 fully saturated rings. The van der Waals surface area contributed by atoms with Crippen molar-refractivity contribution in [2.75, 3.05) is 0 Å². The Morgan fingerprint density at radius 3 is 3.00 bits per heavy atom. The van der Waals surface area contributed by atoms with Gasteiger partial charge in [0.15, 0.2) is 0 Å². The Kier molecular flexibility index (Phi) is 1.46. The predicted molar refractivity (Wildman–Crippen MR) is 48.4 cm³/mol. The van der Waals surface area contributed by atoms with E-state index in [2.05, 4.69) is 27.0 Å². The summed E-state index contributed by atoms with van der Waals surface area (Å²) < 4.78 is 2.95. The Labute approximate surface area is 73.0 Å². The lowest BCUT2D eigenvalue weighted by molar-refractivity contribution is 0.961. The van der Waals surface area contributed by atoms with E-state index in [0.29, 0.717) is 0 Å². The lowest BCUT2D eigenvalue weighted by Gasteiger charge is -1.96. The molecule has 2 rings (SSSR count). The molecule has 2 heterocycles. The van der Waals surface area contributed by atoms with Crippen LogP contribution in [0.15, 0.2) is 29.1 Å². The zero-order valence-electron chi connectivity index (χ0n) is 6.08. The normalized spacial score (nSPS) is 10.7. The first kappa shape index (κ1) is 6.85. The molecular weight excluding hydrogens is 204 g/mol. The van der Waals surface area contributed by atoms with Crippen molar-refractivity contribution in [1.29, 1.82) is 0 Å². The maximum Gasteiger partial charge on any atom is 0.130 e. The number of nitrogens with zero attached hydrogens (tertiary/aromatic N) is 2. The van der Waals surface area contributed by atoms with Crippen LogP contribution >= 0.6 is 15.9 Å². The van der Waals surface area contributed by atoms with E-state index in [4.69, 9.17) is 0 Å². The Bertz CT molecular complexity index is 392. The summed E-state index contributed by atoms with van der Waals surface area (Å²) in [4.78, 5) is 4.14. The molecule has 56 valence electrons. The molecule has 2 aromatic rings. The van der Waals surface area contributed by atoms with Gasteiger partial charge < -0.3 is 4.57 Å². The first-order valence-corrected chi connectivity index (χ1v) is 4.14. The van der Waals surface area contributed by atoms with E-state index < -0.39 is 0 Å². The smallest absolute Gasteiger partial charge is 0.130 e. The van der Waals surface area contributed by atoms with Gasteiger partial charge in [0.1, 0.15) is 4.60 Å². The molecule has 0 unspecified atom stereocenters. The molecule has 0 amide bonds. The highest BCUT2D eigenvalue weighted by atomic mass is 79.9. The van der Waals surface area contributed by atoms with E-state index in [1.807, 2.05) is 23.9 Å². The zero-order valence-corrected chi connectivity index (χ0v) is 7.67. The zero-order chi connectivity index (χ0) is 7.84. The third-order valence-electron chi connectivity index (χ3n) is 1.74. The van der Waals surface area contributed by atoms with Crippen molar-refractivity contribution >= 4 is 26.8 Å². The molecule has 0 aliphatic heterocycles. The van der Waals surface area contributed by atoms with Gasteiger partial charge in [-0.05, 0) is 28.1 Å². The fourth-order valence-electron chi connectivity index (χ4n) is 1.19. The topological polar surface area (TPSA) is 17.8 Å². The largest absolute Gasteiger partial charge is 0.348 e. The van der Waals surface area contributed by atoms with Crippen molar-refractivity contribution in [3.8, 4) is 0 Å². The lowest BCUT2D eigenvalue weighted by atomic mass is 10.3. The third-order valence-corrected chi connectivity index (χ3v) is 2.32. The van der Waals surface area contributed by atoms with E-state index in [1.165, 1.54) is 5.39 Å². The monoisotopic (exact) mass is 210 g/mol. The number of aromatic nitrogens is 2. The van der Waals surface area contributed by atoms with Crippen LogP contribution in [0.2, 0.25) is 0 Å². The van der Waals surface area contributed by atoms with Crippen LogP contribution in [-0.2, 0) is 7.05 Å². The summed E-state index contributed by atoms with van der Waals surface area (Å²) in [5.41, 5.74) is 1.15. The molecule has 0 N–H and O–H groups in total. The van der Waals surface area contributed by atoms with Crippen LogP contribution in [0.25, 0.3) is 10.9 Å².